The molecule has 0 radical (unpaired) electrons. The molecule has 3 heteroatoms. The quantitative estimate of drug-likeness (QED) is 0.787. The summed E-state index contributed by atoms with van der Waals surface area (Å²) in [6.07, 6.45) is 8.63. The summed E-state index contributed by atoms with van der Waals surface area (Å²) in [7, 11) is 0. The van der Waals surface area contributed by atoms with Crippen molar-refractivity contribution in [1.82, 2.24) is 0 Å². The smallest absolute Gasteiger partial charge is 0.0658 e. The number of thioether (sulfide) groups is 1. The van der Waals surface area contributed by atoms with E-state index in [0.29, 0.717) is 11.4 Å². The van der Waals surface area contributed by atoms with Crippen molar-refractivity contribution in [1.29, 1.82) is 0 Å². The van der Waals surface area contributed by atoms with Gasteiger partial charge in [0.05, 0.1) is 12.2 Å². The van der Waals surface area contributed by atoms with Crippen LogP contribution in [0, 0.1) is 0 Å². The number of aliphatic hydroxyl groups is 1. The van der Waals surface area contributed by atoms with Gasteiger partial charge in [-0.25, -0.2) is 0 Å². The van der Waals surface area contributed by atoms with E-state index in [-0.39, 0.29) is 6.10 Å². The lowest BCUT2D eigenvalue weighted by Gasteiger charge is -2.17. The van der Waals surface area contributed by atoms with Crippen molar-refractivity contribution in [3.63, 3.8) is 0 Å². The molecular formula is C12H22O2S. The van der Waals surface area contributed by atoms with Gasteiger partial charge in [0.15, 0.2) is 0 Å². The largest absolute Gasteiger partial charge is 0.392 e. The van der Waals surface area contributed by atoms with Crippen molar-refractivity contribution < 1.29 is 9.84 Å². The second-order valence-corrected chi connectivity index (χ2v) is 6.03. The molecule has 0 saturated carbocycles. The molecule has 88 valence electrons. The van der Waals surface area contributed by atoms with Crippen LogP contribution in [0.15, 0.2) is 0 Å². The van der Waals surface area contributed by atoms with E-state index in [0.717, 1.165) is 25.9 Å². The van der Waals surface area contributed by atoms with Crippen LogP contribution in [-0.4, -0.2) is 34.9 Å². The fourth-order valence-electron chi connectivity index (χ4n) is 2.52. The minimum atomic E-state index is -0.0705. The van der Waals surface area contributed by atoms with Gasteiger partial charge in [0.2, 0.25) is 0 Å². The highest BCUT2D eigenvalue weighted by atomic mass is 32.2. The lowest BCUT2D eigenvalue weighted by molar-refractivity contribution is 0.0940. The highest BCUT2D eigenvalue weighted by Crippen LogP contribution is 2.30. The van der Waals surface area contributed by atoms with Gasteiger partial charge >= 0.3 is 0 Å². The zero-order valence-electron chi connectivity index (χ0n) is 9.36. The van der Waals surface area contributed by atoms with E-state index in [4.69, 9.17) is 4.74 Å². The number of rotatable bonds is 5. The van der Waals surface area contributed by atoms with Gasteiger partial charge in [0.25, 0.3) is 0 Å². The molecule has 0 aromatic carbocycles. The summed E-state index contributed by atoms with van der Waals surface area (Å²) < 4.78 is 5.57. The fraction of sp³-hybridized carbons (Fsp3) is 1.00. The molecule has 2 aliphatic heterocycles. The number of hydrogen-bond donors (Lipinski definition) is 1. The van der Waals surface area contributed by atoms with Gasteiger partial charge in [-0.1, -0.05) is 0 Å². The highest BCUT2D eigenvalue weighted by Gasteiger charge is 2.24. The van der Waals surface area contributed by atoms with E-state index >= 15 is 0 Å². The van der Waals surface area contributed by atoms with Crippen LogP contribution in [0.1, 0.15) is 44.9 Å². The predicted molar refractivity (Wildman–Crippen MR) is 64.3 cm³/mol. The Hall–Kier alpha value is 0.270. The third kappa shape index (κ3) is 3.65. The van der Waals surface area contributed by atoms with E-state index < -0.39 is 0 Å². The summed E-state index contributed by atoms with van der Waals surface area (Å²) in [6, 6.07) is 0. The van der Waals surface area contributed by atoms with Crippen LogP contribution in [0.5, 0.6) is 0 Å². The molecule has 2 rings (SSSR count). The maximum Gasteiger partial charge on any atom is 0.0658 e. The maximum atomic E-state index is 9.96. The zero-order chi connectivity index (χ0) is 10.5. The molecule has 2 nitrogen and oxygen atoms in total. The Kier molecular flexibility index (Phi) is 4.79. The Labute approximate surface area is 96.8 Å². The first-order chi connectivity index (χ1) is 7.36. The summed E-state index contributed by atoms with van der Waals surface area (Å²) in [6.45, 7) is 0.950. The molecule has 0 aliphatic carbocycles. The molecule has 0 amide bonds. The van der Waals surface area contributed by atoms with Gasteiger partial charge in [-0.05, 0) is 50.7 Å². The molecule has 0 aromatic heterocycles. The minimum Gasteiger partial charge on any atom is -0.392 e. The lowest BCUT2D eigenvalue weighted by Crippen LogP contribution is -2.20. The molecule has 0 bridgehead atoms. The summed E-state index contributed by atoms with van der Waals surface area (Å²) in [4.78, 5) is 0. The molecule has 3 atom stereocenters. The fourth-order valence-corrected chi connectivity index (χ4v) is 3.85. The van der Waals surface area contributed by atoms with Crippen LogP contribution in [0.25, 0.3) is 0 Å². The minimum absolute atomic E-state index is 0.0705. The van der Waals surface area contributed by atoms with Gasteiger partial charge in [0, 0.05) is 11.9 Å². The van der Waals surface area contributed by atoms with E-state index in [1.54, 1.807) is 0 Å². The topological polar surface area (TPSA) is 29.5 Å². The Bertz CT molecular complexity index is 174. The standard InChI is InChI=1S/C12H22O2S/c13-11(12-7-3-9-15-12)6-1-4-10-5-2-8-14-10/h10-13H,1-9H2. The molecule has 1 N–H and O–H groups in total. The third-order valence-corrected chi connectivity index (χ3v) is 4.95. The first kappa shape index (κ1) is 11.7. The van der Waals surface area contributed by atoms with Crippen molar-refractivity contribution in [2.75, 3.05) is 12.4 Å². The van der Waals surface area contributed by atoms with Crippen LogP contribution in [0.2, 0.25) is 0 Å². The van der Waals surface area contributed by atoms with Crippen LogP contribution in [0.4, 0.5) is 0 Å². The second kappa shape index (κ2) is 6.12. The van der Waals surface area contributed by atoms with Crippen LogP contribution >= 0.6 is 11.8 Å². The molecule has 15 heavy (non-hydrogen) atoms. The number of hydrogen-bond acceptors (Lipinski definition) is 3. The maximum absolute atomic E-state index is 9.96. The van der Waals surface area contributed by atoms with Gasteiger partial charge in [0.1, 0.15) is 0 Å². The van der Waals surface area contributed by atoms with Crippen molar-refractivity contribution >= 4 is 11.8 Å². The van der Waals surface area contributed by atoms with E-state index in [9.17, 15) is 5.11 Å². The molecule has 0 spiro atoms. The van der Waals surface area contributed by atoms with Crippen LogP contribution in [0.3, 0.4) is 0 Å². The highest BCUT2D eigenvalue weighted by molar-refractivity contribution is 8.00. The van der Waals surface area contributed by atoms with Gasteiger partial charge < -0.3 is 9.84 Å². The Morgan fingerprint density at radius 3 is 2.93 bits per heavy atom. The van der Waals surface area contributed by atoms with Gasteiger partial charge in [-0.3, -0.25) is 0 Å². The van der Waals surface area contributed by atoms with Crippen LogP contribution in [-0.2, 0) is 4.74 Å². The SMILES string of the molecule is OC(CCCC1CCCO1)C1CCCS1. The summed E-state index contributed by atoms with van der Waals surface area (Å²) in [5, 5.41) is 10.5. The first-order valence-electron chi connectivity index (χ1n) is 6.27. The zero-order valence-corrected chi connectivity index (χ0v) is 10.2. The van der Waals surface area contributed by atoms with Crippen molar-refractivity contribution in [2.45, 2.75) is 62.4 Å². The van der Waals surface area contributed by atoms with E-state index in [1.807, 2.05) is 11.8 Å². The van der Waals surface area contributed by atoms with Crippen LogP contribution < -0.4 is 0 Å². The summed E-state index contributed by atoms with van der Waals surface area (Å²) in [5.41, 5.74) is 0. The second-order valence-electron chi connectivity index (χ2n) is 4.68. The number of ether oxygens (including phenoxy) is 1. The third-order valence-electron chi connectivity index (χ3n) is 3.44. The lowest BCUT2D eigenvalue weighted by atomic mass is 10.0. The monoisotopic (exact) mass is 230 g/mol. The summed E-state index contributed by atoms with van der Waals surface area (Å²) in [5.74, 6) is 1.24. The van der Waals surface area contributed by atoms with Gasteiger partial charge in [-0.15, -0.1) is 0 Å². The van der Waals surface area contributed by atoms with Gasteiger partial charge in [-0.2, -0.15) is 11.8 Å². The van der Waals surface area contributed by atoms with E-state index in [2.05, 4.69) is 0 Å². The molecular weight excluding hydrogens is 208 g/mol. The van der Waals surface area contributed by atoms with Crippen molar-refractivity contribution in [2.24, 2.45) is 0 Å². The van der Waals surface area contributed by atoms with E-state index in [1.165, 1.54) is 31.4 Å². The molecule has 3 unspecified atom stereocenters. The Morgan fingerprint density at radius 2 is 2.27 bits per heavy atom. The average Bonchev–Trinajstić information content (AvgIpc) is 2.90. The molecule has 2 aliphatic rings. The van der Waals surface area contributed by atoms with Crippen molar-refractivity contribution in [3.8, 4) is 0 Å². The number of aliphatic hydroxyl groups excluding tert-OH is 1. The first-order valence-corrected chi connectivity index (χ1v) is 7.32. The van der Waals surface area contributed by atoms with Crippen molar-refractivity contribution in [3.05, 3.63) is 0 Å². The average molecular weight is 230 g/mol. The Balaban J connectivity index is 1.56. The Morgan fingerprint density at radius 1 is 1.33 bits per heavy atom. The normalized spacial score (nSPS) is 33.4. The molecule has 2 heterocycles. The molecule has 2 saturated heterocycles. The molecule has 2 fully saturated rings. The summed E-state index contributed by atoms with van der Waals surface area (Å²) >= 11 is 1.95. The predicted octanol–water partition coefficient (Wildman–Crippen LogP) is 2.59. The molecule has 0 aromatic rings.